The summed E-state index contributed by atoms with van der Waals surface area (Å²) in [6.45, 7) is 5.72. The Kier molecular flexibility index (Phi) is 5.98. The number of hydrogen-bond acceptors (Lipinski definition) is 5. The topological polar surface area (TPSA) is 84.5 Å². The largest absolute Gasteiger partial charge is 0.483 e. The Morgan fingerprint density at radius 2 is 2.04 bits per heavy atom. The number of sulfonamides is 1. The van der Waals surface area contributed by atoms with Gasteiger partial charge in [0.2, 0.25) is 0 Å². The van der Waals surface area contributed by atoms with Crippen LogP contribution in [0.4, 0.5) is 0 Å². The molecule has 1 aromatic heterocycles. The van der Waals surface area contributed by atoms with Crippen LogP contribution in [0.2, 0.25) is 0 Å². The van der Waals surface area contributed by atoms with E-state index in [2.05, 4.69) is 5.43 Å². The Bertz CT molecular complexity index is 799. The van der Waals surface area contributed by atoms with Crippen molar-refractivity contribution in [3.8, 4) is 5.75 Å². The molecule has 0 radical (unpaired) electrons. The summed E-state index contributed by atoms with van der Waals surface area (Å²) in [6.07, 6.45) is 0. The first-order valence-electron chi connectivity index (χ1n) is 7.37. The van der Waals surface area contributed by atoms with Crippen LogP contribution >= 0.6 is 11.3 Å². The SMILES string of the molecule is Cc1ccc(C(C)C)c(OCC(=O)NNS(=O)(=O)c2cccs2)c1. The Hall–Kier alpha value is -1.90. The molecule has 0 spiro atoms. The second-order valence-electron chi connectivity index (χ2n) is 5.57. The number of hydrogen-bond donors (Lipinski definition) is 2. The van der Waals surface area contributed by atoms with E-state index in [1.54, 1.807) is 11.4 Å². The third-order valence-electron chi connectivity index (χ3n) is 3.23. The first-order valence-corrected chi connectivity index (χ1v) is 9.73. The lowest BCUT2D eigenvalue weighted by atomic mass is 10.0. The van der Waals surface area contributed by atoms with Gasteiger partial charge < -0.3 is 4.74 Å². The van der Waals surface area contributed by atoms with E-state index in [9.17, 15) is 13.2 Å². The molecule has 24 heavy (non-hydrogen) atoms. The molecule has 2 N–H and O–H groups in total. The van der Waals surface area contributed by atoms with Crippen molar-refractivity contribution in [1.29, 1.82) is 0 Å². The van der Waals surface area contributed by atoms with E-state index in [1.165, 1.54) is 6.07 Å². The zero-order valence-corrected chi connectivity index (χ0v) is 15.3. The monoisotopic (exact) mass is 368 g/mol. The zero-order chi connectivity index (χ0) is 17.7. The first kappa shape index (κ1) is 18.4. The molecule has 0 fully saturated rings. The molecule has 0 bridgehead atoms. The van der Waals surface area contributed by atoms with Gasteiger partial charge in [-0.2, -0.15) is 0 Å². The molecule has 0 aliphatic rings. The van der Waals surface area contributed by atoms with Crippen LogP contribution < -0.4 is 15.0 Å². The van der Waals surface area contributed by atoms with E-state index >= 15 is 0 Å². The van der Waals surface area contributed by atoms with Crippen molar-refractivity contribution in [3.05, 3.63) is 46.8 Å². The van der Waals surface area contributed by atoms with Crippen LogP contribution in [-0.4, -0.2) is 20.9 Å². The normalized spacial score (nSPS) is 11.5. The van der Waals surface area contributed by atoms with Gasteiger partial charge in [-0.15, -0.1) is 16.2 Å². The number of carbonyl (C=O) groups excluding carboxylic acids is 1. The van der Waals surface area contributed by atoms with Gasteiger partial charge in [-0.25, -0.2) is 8.42 Å². The molecule has 0 atom stereocenters. The summed E-state index contributed by atoms with van der Waals surface area (Å²) in [5, 5.41) is 1.64. The molecule has 0 aliphatic carbocycles. The Morgan fingerprint density at radius 3 is 2.67 bits per heavy atom. The van der Waals surface area contributed by atoms with Crippen molar-refractivity contribution in [2.24, 2.45) is 0 Å². The van der Waals surface area contributed by atoms with Crippen LogP contribution in [0, 0.1) is 6.92 Å². The number of carbonyl (C=O) groups is 1. The van der Waals surface area contributed by atoms with Gasteiger partial charge in [-0.1, -0.05) is 32.0 Å². The Balaban J connectivity index is 1.93. The van der Waals surface area contributed by atoms with Crippen LogP contribution in [0.3, 0.4) is 0 Å². The molecule has 1 heterocycles. The van der Waals surface area contributed by atoms with Gasteiger partial charge in [-0.05, 0) is 41.5 Å². The molecule has 1 aromatic carbocycles. The van der Waals surface area contributed by atoms with E-state index in [-0.39, 0.29) is 16.7 Å². The average molecular weight is 368 g/mol. The number of nitrogens with one attached hydrogen (secondary N) is 2. The third-order valence-corrected chi connectivity index (χ3v) is 5.88. The second-order valence-corrected chi connectivity index (χ2v) is 8.43. The predicted molar refractivity (Wildman–Crippen MR) is 93.5 cm³/mol. The maximum absolute atomic E-state index is 11.9. The highest BCUT2D eigenvalue weighted by atomic mass is 32.2. The fourth-order valence-electron chi connectivity index (χ4n) is 2.01. The van der Waals surface area contributed by atoms with Crippen molar-refractivity contribution in [3.63, 3.8) is 0 Å². The van der Waals surface area contributed by atoms with Crippen molar-refractivity contribution in [2.45, 2.75) is 30.9 Å². The van der Waals surface area contributed by atoms with E-state index in [4.69, 9.17) is 4.74 Å². The van der Waals surface area contributed by atoms with Gasteiger partial charge in [0.15, 0.2) is 6.61 Å². The smallest absolute Gasteiger partial charge is 0.272 e. The minimum atomic E-state index is -3.74. The Morgan fingerprint density at radius 1 is 1.29 bits per heavy atom. The molecule has 0 saturated heterocycles. The maximum atomic E-state index is 11.9. The number of rotatable bonds is 7. The molecule has 0 unspecified atom stereocenters. The summed E-state index contributed by atoms with van der Waals surface area (Å²) in [7, 11) is -3.74. The van der Waals surface area contributed by atoms with Crippen LogP contribution in [0.1, 0.15) is 30.9 Å². The number of ether oxygens (including phenoxy) is 1. The summed E-state index contributed by atoms with van der Waals surface area (Å²) in [5.41, 5.74) is 4.16. The standard InChI is InChI=1S/C16H20N2O4S2/c1-11(2)13-7-6-12(3)9-14(13)22-10-15(19)17-18-24(20,21)16-5-4-8-23-16/h4-9,11,18H,10H2,1-3H3,(H,17,19). The molecule has 130 valence electrons. The summed E-state index contributed by atoms with van der Waals surface area (Å²) in [4.78, 5) is 13.9. The molecule has 1 amide bonds. The van der Waals surface area contributed by atoms with E-state index in [0.29, 0.717) is 5.75 Å². The summed E-state index contributed by atoms with van der Waals surface area (Å²) in [6, 6.07) is 8.88. The minimum absolute atomic E-state index is 0.129. The van der Waals surface area contributed by atoms with Crippen LogP contribution in [0.15, 0.2) is 39.9 Å². The number of hydrazine groups is 1. The fourth-order valence-corrected chi connectivity index (χ4v) is 3.87. The molecular weight excluding hydrogens is 348 g/mol. The van der Waals surface area contributed by atoms with E-state index in [0.717, 1.165) is 22.5 Å². The highest BCUT2D eigenvalue weighted by Crippen LogP contribution is 2.27. The van der Waals surface area contributed by atoms with Crippen LogP contribution in [0.25, 0.3) is 0 Å². The van der Waals surface area contributed by atoms with E-state index in [1.807, 2.05) is 43.8 Å². The predicted octanol–water partition coefficient (Wildman–Crippen LogP) is 2.57. The zero-order valence-electron chi connectivity index (χ0n) is 13.7. The van der Waals surface area contributed by atoms with Gasteiger partial charge in [0.1, 0.15) is 9.96 Å². The molecule has 6 nitrogen and oxygen atoms in total. The van der Waals surface area contributed by atoms with Gasteiger partial charge >= 0.3 is 0 Å². The van der Waals surface area contributed by atoms with Gasteiger partial charge in [0.05, 0.1) is 0 Å². The van der Waals surface area contributed by atoms with Crippen molar-refractivity contribution < 1.29 is 17.9 Å². The molecule has 8 heteroatoms. The number of aryl methyl sites for hydroxylation is 1. The number of benzene rings is 1. The Labute approximate surface area is 145 Å². The third kappa shape index (κ3) is 4.80. The van der Waals surface area contributed by atoms with Gasteiger partial charge in [0.25, 0.3) is 15.9 Å². The van der Waals surface area contributed by atoms with Crippen molar-refractivity contribution >= 4 is 27.3 Å². The quantitative estimate of drug-likeness (QED) is 0.736. The average Bonchev–Trinajstić information content (AvgIpc) is 3.06. The summed E-state index contributed by atoms with van der Waals surface area (Å²) >= 11 is 1.07. The fraction of sp³-hybridized carbons (Fsp3) is 0.312. The van der Waals surface area contributed by atoms with E-state index < -0.39 is 15.9 Å². The van der Waals surface area contributed by atoms with Crippen molar-refractivity contribution in [1.82, 2.24) is 10.3 Å². The molecular formula is C16H20N2O4S2. The summed E-state index contributed by atoms with van der Waals surface area (Å²) in [5.74, 6) is 0.300. The lowest BCUT2D eigenvalue weighted by Gasteiger charge is -2.15. The number of thiophene rings is 1. The molecule has 0 aliphatic heterocycles. The van der Waals surface area contributed by atoms with Gasteiger partial charge in [-0.3, -0.25) is 10.2 Å². The first-order chi connectivity index (χ1) is 11.3. The minimum Gasteiger partial charge on any atom is -0.483 e. The molecule has 2 rings (SSSR count). The number of amides is 1. The highest BCUT2D eigenvalue weighted by molar-refractivity contribution is 7.91. The lowest BCUT2D eigenvalue weighted by Crippen LogP contribution is -2.43. The lowest BCUT2D eigenvalue weighted by molar-refractivity contribution is -0.123. The van der Waals surface area contributed by atoms with Gasteiger partial charge in [0, 0.05) is 0 Å². The second kappa shape index (κ2) is 7.78. The van der Waals surface area contributed by atoms with Crippen molar-refractivity contribution in [2.75, 3.05) is 6.61 Å². The maximum Gasteiger partial charge on any atom is 0.272 e. The molecule has 2 aromatic rings. The molecule has 0 saturated carbocycles. The highest BCUT2D eigenvalue weighted by Gasteiger charge is 2.16. The summed E-state index contributed by atoms with van der Waals surface area (Å²) < 4.78 is 29.5. The van der Waals surface area contributed by atoms with Crippen LogP contribution in [0.5, 0.6) is 5.75 Å². The van der Waals surface area contributed by atoms with Crippen LogP contribution in [-0.2, 0) is 14.8 Å².